The Bertz CT molecular complexity index is 1210. The highest BCUT2D eigenvalue weighted by Crippen LogP contribution is 2.39. The lowest BCUT2D eigenvalue weighted by atomic mass is 9.71. The molecular weight excluding hydrogens is 532 g/mol. The van der Waals surface area contributed by atoms with Crippen molar-refractivity contribution in [1.82, 2.24) is 15.1 Å². The summed E-state index contributed by atoms with van der Waals surface area (Å²) in [6.45, 7) is 12.4. The Labute approximate surface area is 249 Å². The van der Waals surface area contributed by atoms with E-state index in [4.69, 9.17) is 5.11 Å². The van der Waals surface area contributed by atoms with Gasteiger partial charge < -0.3 is 25.5 Å². The van der Waals surface area contributed by atoms with Gasteiger partial charge in [0.15, 0.2) is 0 Å². The number of carbonyl (C=O) groups is 4. The SMILES string of the molecule is CCN(CC)C(=O)c1ccc(NC(=O)N(Cc2ccc(C(=O)NCCC(=O)O)cc2)[C@H]2CC[C@H](C(C)(C)C)CC2)cc1. The number of benzene rings is 2. The normalized spacial score (nSPS) is 16.8. The van der Waals surface area contributed by atoms with Crippen LogP contribution in [-0.2, 0) is 11.3 Å². The van der Waals surface area contributed by atoms with Crippen LogP contribution in [0.2, 0.25) is 0 Å². The average Bonchev–Trinajstić information content (AvgIpc) is 2.96. The molecule has 228 valence electrons. The van der Waals surface area contributed by atoms with E-state index in [0.717, 1.165) is 31.2 Å². The first-order valence-electron chi connectivity index (χ1n) is 15.0. The zero-order valence-corrected chi connectivity index (χ0v) is 25.6. The van der Waals surface area contributed by atoms with E-state index >= 15 is 0 Å². The van der Waals surface area contributed by atoms with Crippen molar-refractivity contribution in [3.63, 3.8) is 0 Å². The number of aliphatic carboxylic acids is 1. The molecule has 0 unspecified atom stereocenters. The molecule has 0 radical (unpaired) electrons. The van der Waals surface area contributed by atoms with E-state index in [0.29, 0.717) is 42.4 Å². The Hall–Kier alpha value is -3.88. The minimum absolute atomic E-state index is 0.0332. The van der Waals surface area contributed by atoms with Crippen molar-refractivity contribution >= 4 is 29.5 Å². The lowest BCUT2D eigenvalue weighted by molar-refractivity contribution is -0.136. The Morgan fingerprint density at radius 2 is 1.43 bits per heavy atom. The lowest BCUT2D eigenvalue weighted by Gasteiger charge is -2.41. The van der Waals surface area contributed by atoms with Gasteiger partial charge in [-0.15, -0.1) is 0 Å². The zero-order chi connectivity index (χ0) is 30.9. The summed E-state index contributed by atoms with van der Waals surface area (Å²) in [7, 11) is 0. The van der Waals surface area contributed by atoms with Crippen LogP contribution in [-0.4, -0.2) is 64.4 Å². The molecule has 9 nitrogen and oxygen atoms in total. The molecule has 42 heavy (non-hydrogen) atoms. The summed E-state index contributed by atoms with van der Waals surface area (Å²) in [5, 5.41) is 14.4. The molecular formula is C33H46N4O5. The minimum Gasteiger partial charge on any atom is -0.481 e. The Kier molecular flexibility index (Phi) is 11.5. The minimum atomic E-state index is -0.968. The van der Waals surface area contributed by atoms with Gasteiger partial charge in [0.1, 0.15) is 0 Å². The van der Waals surface area contributed by atoms with Gasteiger partial charge in [-0.1, -0.05) is 32.9 Å². The second kappa shape index (κ2) is 14.8. The van der Waals surface area contributed by atoms with Gasteiger partial charge in [0, 0.05) is 49.0 Å². The number of carbonyl (C=O) groups excluding carboxylic acids is 3. The van der Waals surface area contributed by atoms with Gasteiger partial charge in [-0.05, 0) is 92.8 Å². The maximum atomic E-state index is 13.7. The van der Waals surface area contributed by atoms with Gasteiger partial charge in [-0.25, -0.2) is 4.79 Å². The summed E-state index contributed by atoms with van der Waals surface area (Å²) >= 11 is 0. The lowest BCUT2D eigenvalue weighted by Crippen LogP contribution is -2.45. The van der Waals surface area contributed by atoms with Gasteiger partial charge >= 0.3 is 12.0 Å². The van der Waals surface area contributed by atoms with Crippen LogP contribution in [0.15, 0.2) is 48.5 Å². The fourth-order valence-corrected chi connectivity index (χ4v) is 5.55. The molecule has 0 aliphatic heterocycles. The first kappa shape index (κ1) is 32.6. The Morgan fingerprint density at radius 1 is 0.857 bits per heavy atom. The van der Waals surface area contributed by atoms with Gasteiger partial charge in [0.05, 0.1) is 6.42 Å². The van der Waals surface area contributed by atoms with Crippen LogP contribution >= 0.6 is 0 Å². The first-order chi connectivity index (χ1) is 19.9. The van der Waals surface area contributed by atoms with E-state index < -0.39 is 5.97 Å². The molecule has 3 rings (SSSR count). The molecule has 0 aromatic heterocycles. The van der Waals surface area contributed by atoms with Crippen molar-refractivity contribution in [2.45, 2.75) is 79.3 Å². The van der Waals surface area contributed by atoms with Gasteiger partial charge in [-0.2, -0.15) is 0 Å². The molecule has 0 atom stereocenters. The van der Waals surface area contributed by atoms with Crippen LogP contribution in [0.4, 0.5) is 10.5 Å². The Balaban J connectivity index is 1.74. The highest BCUT2D eigenvalue weighted by molar-refractivity contribution is 5.96. The number of amides is 4. The zero-order valence-electron chi connectivity index (χ0n) is 25.6. The molecule has 9 heteroatoms. The van der Waals surface area contributed by atoms with E-state index in [2.05, 4.69) is 31.4 Å². The van der Waals surface area contributed by atoms with E-state index in [1.807, 2.05) is 30.9 Å². The molecule has 0 saturated heterocycles. The molecule has 0 bridgehead atoms. The van der Waals surface area contributed by atoms with Crippen molar-refractivity contribution < 1.29 is 24.3 Å². The summed E-state index contributed by atoms with van der Waals surface area (Å²) in [6, 6.07) is 14.0. The molecule has 1 aliphatic carbocycles. The summed E-state index contributed by atoms with van der Waals surface area (Å²) in [5.41, 5.74) is 2.76. The van der Waals surface area contributed by atoms with Crippen LogP contribution in [0, 0.1) is 11.3 Å². The average molecular weight is 579 g/mol. The molecule has 0 heterocycles. The topological polar surface area (TPSA) is 119 Å². The fraction of sp³-hybridized carbons (Fsp3) is 0.515. The predicted molar refractivity (Wildman–Crippen MR) is 164 cm³/mol. The molecule has 1 saturated carbocycles. The molecule has 2 aromatic rings. The van der Waals surface area contributed by atoms with E-state index in [1.165, 1.54) is 0 Å². The summed E-state index contributed by atoms with van der Waals surface area (Å²) in [6.07, 6.45) is 3.79. The molecule has 0 spiro atoms. The van der Waals surface area contributed by atoms with Crippen molar-refractivity contribution in [1.29, 1.82) is 0 Å². The first-order valence-corrected chi connectivity index (χ1v) is 15.0. The number of rotatable bonds is 11. The maximum Gasteiger partial charge on any atom is 0.322 e. The number of nitrogens with one attached hydrogen (secondary N) is 2. The molecule has 4 amide bonds. The van der Waals surface area contributed by atoms with E-state index in [1.54, 1.807) is 41.3 Å². The van der Waals surface area contributed by atoms with Crippen LogP contribution < -0.4 is 10.6 Å². The largest absolute Gasteiger partial charge is 0.481 e. The van der Waals surface area contributed by atoms with Gasteiger partial charge in [0.2, 0.25) is 0 Å². The highest BCUT2D eigenvalue weighted by atomic mass is 16.4. The Morgan fingerprint density at radius 3 is 1.95 bits per heavy atom. The van der Waals surface area contributed by atoms with Crippen molar-refractivity contribution in [2.24, 2.45) is 11.3 Å². The van der Waals surface area contributed by atoms with Crippen LogP contribution in [0.1, 0.15) is 93.0 Å². The summed E-state index contributed by atoms with van der Waals surface area (Å²) in [4.78, 5) is 53.1. The number of hydrogen-bond acceptors (Lipinski definition) is 4. The third kappa shape index (κ3) is 9.06. The number of hydrogen-bond donors (Lipinski definition) is 3. The number of carboxylic acids is 1. The third-order valence-corrected chi connectivity index (χ3v) is 8.25. The van der Waals surface area contributed by atoms with Crippen LogP contribution in [0.5, 0.6) is 0 Å². The number of urea groups is 1. The quantitative estimate of drug-likeness (QED) is 0.302. The van der Waals surface area contributed by atoms with Gasteiger partial charge in [0.25, 0.3) is 11.8 Å². The highest BCUT2D eigenvalue weighted by Gasteiger charge is 2.33. The number of anilines is 1. The summed E-state index contributed by atoms with van der Waals surface area (Å²) < 4.78 is 0. The van der Waals surface area contributed by atoms with Gasteiger partial charge in [-0.3, -0.25) is 14.4 Å². The fourth-order valence-electron chi connectivity index (χ4n) is 5.55. The number of nitrogens with zero attached hydrogens (tertiary/aromatic N) is 2. The second-order valence-corrected chi connectivity index (χ2v) is 12.1. The number of carboxylic acid groups (broad SMARTS) is 1. The molecule has 3 N–H and O–H groups in total. The van der Waals surface area contributed by atoms with Crippen molar-refractivity contribution in [2.75, 3.05) is 25.0 Å². The van der Waals surface area contributed by atoms with E-state index in [-0.39, 0.29) is 42.3 Å². The molecule has 2 aromatic carbocycles. The predicted octanol–water partition coefficient (Wildman–Crippen LogP) is 6.01. The summed E-state index contributed by atoms with van der Waals surface area (Å²) in [5.74, 6) is -0.729. The molecule has 1 fully saturated rings. The smallest absolute Gasteiger partial charge is 0.322 e. The van der Waals surface area contributed by atoms with Crippen molar-refractivity contribution in [3.8, 4) is 0 Å². The second-order valence-electron chi connectivity index (χ2n) is 12.1. The monoisotopic (exact) mass is 578 g/mol. The third-order valence-electron chi connectivity index (χ3n) is 8.25. The maximum absolute atomic E-state index is 13.7. The standard InChI is InChI=1S/C33H46N4O5/c1-6-36(7-2)31(41)25-12-16-27(17-13-25)35-32(42)37(28-18-14-26(15-19-28)33(3,4)5)22-23-8-10-24(11-9-23)30(40)34-21-20-29(38)39/h8-13,16-17,26,28H,6-7,14-15,18-22H2,1-5H3,(H,34,40)(H,35,42)(H,38,39)/t26-,28-. The van der Waals surface area contributed by atoms with Crippen molar-refractivity contribution in [3.05, 3.63) is 65.2 Å². The van der Waals surface area contributed by atoms with Crippen LogP contribution in [0.25, 0.3) is 0 Å². The van der Waals surface area contributed by atoms with Crippen LogP contribution in [0.3, 0.4) is 0 Å². The molecule has 1 aliphatic rings. The van der Waals surface area contributed by atoms with E-state index in [9.17, 15) is 19.2 Å².